The molecule has 1 aliphatic heterocycles. The maximum Gasteiger partial charge on any atom is 0.222 e. The van der Waals surface area contributed by atoms with E-state index in [0.717, 1.165) is 57.2 Å². The Morgan fingerprint density at radius 3 is 2.91 bits per heavy atom. The Bertz CT molecular complexity index is 454. The van der Waals surface area contributed by atoms with E-state index in [1.807, 2.05) is 0 Å². The van der Waals surface area contributed by atoms with Crippen molar-refractivity contribution in [1.82, 2.24) is 10.2 Å². The maximum absolute atomic E-state index is 12.2. The fraction of sp³-hybridized carbons (Fsp3) is 0.842. The van der Waals surface area contributed by atoms with Gasteiger partial charge in [0, 0.05) is 19.0 Å². The number of allylic oxidation sites excluding steroid dienone is 1. The van der Waals surface area contributed by atoms with Crippen LogP contribution in [0.5, 0.6) is 0 Å². The molecule has 1 saturated heterocycles. The minimum absolute atomic E-state index is 0.378. The summed E-state index contributed by atoms with van der Waals surface area (Å²) in [6.07, 6.45) is 9.15. The van der Waals surface area contributed by atoms with Crippen LogP contribution in [0.4, 0.5) is 0 Å². The quantitative estimate of drug-likeness (QED) is 0.578. The summed E-state index contributed by atoms with van der Waals surface area (Å²) >= 11 is 0. The lowest BCUT2D eigenvalue weighted by Gasteiger charge is -2.56. The highest BCUT2D eigenvalue weighted by Gasteiger charge is 2.50. The van der Waals surface area contributed by atoms with E-state index in [9.17, 15) is 4.79 Å². The molecule has 3 heteroatoms. The average molecular weight is 304 g/mol. The molecule has 1 N–H and O–H groups in total. The monoisotopic (exact) mass is 304 g/mol. The zero-order chi connectivity index (χ0) is 15.7. The van der Waals surface area contributed by atoms with Crippen LogP contribution in [0.1, 0.15) is 59.3 Å². The van der Waals surface area contributed by atoms with Crippen molar-refractivity contribution in [3.05, 3.63) is 11.6 Å². The summed E-state index contributed by atoms with van der Waals surface area (Å²) in [5.74, 6) is 2.07. The summed E-state index contributed by atoms with van der Waals surface area (Å²) in [4.78, 5) is 14.4. The molecule has 2 bridgehead atoms. The number of carbonyl (C=O) groups is 1. The molecule has 3 aliphatic carbocycles. The zero-order valence-corrected chi connectivity index (χ0v) is 14.5. The van der Waals surface area contributed by atoms with Crippen LogP contribution in [-0.4, -0.2) is 36.5 Å². The van der Waals surface area contributed by atoms with Crippen LogP contribution in [0.15, 0.2) is 11.6 Å². The van der Waals surface area contributed by atoms with Crippen molar-refractivity contribution in [2.45, 2.75) is 65.3 Å². The maximum atomic E-state index is 12.2. The number of nitrogens with one attached hydrogen (secondary N) is 1. The van der Waals surface area contributed by atoms with Crippen molar-refractivity contribution in [2.24, 2.45) is 17.3 Å². The van der Waals surface area contributed by atoms with Gasteiger partial charge in [-0.25, -0.2) is 0 Å². The van der Waals surface area contributed by atoms with Crippen molar-refractivity contribution in [2.75, 3.05) is 19.6 Å². The Kier molecular flexibility index (Phi) is 4.63. The van der Waals surface area contributed by atoms with Crippen LogP contribution >= 0.6 is 0 Å². The molecular formula is C19H32N2O. The van der Waals surface area contributed by atoms with Gasteiger partial charge in [-0.15, -0.1) is 0 Å². The van der Waals surface area contributed by atoms with E-state index in [4.69, 9.17) is 0 Å². The number of rotatable bonds is 7. The summed E-state index contributed by atoms with van der Waals surface area (Å²) in [5, 5.41) is 3.39. The van der Waals surface area contributed by atoms with Gasteiger partial charge in [0.15, 0.2) is 0 Å². The van der Waals surface area contributed by atoms with Crippen molar-refractivity contribution >= 4 is 5.91 Å². The first-order valence-corrected chi connectivity index (χ1v) is 9.23. The van der Waals surface area contributed by atoms with E-state index in [0.29, 0.717) is 17.4 Å². The lowest BCUT2D eigenvalue weighted by Crippen LogP contribution is -2.48. The number of hydrogen-bond donors (Lipinski definition) is 1. The molecule has 22 heavy (non-hydrogen) atoms. The first kappa shape index (κ1) is 16.0. The standard InChI is InChI=1S/C19H32N2O/c1-4-20-11-9-16-7-8-18(22)21(16)12-10-14-5-6-15-13-17(14)19(15,2)3/h5,15-17,20H,4,6-13H2,1-3H3/t15-,16?,17-/m0/s1. The second kappa shape index (κ2) is 6.35. The fourth-order valence-electron chi connectivity index (χ4n) is 4.85. The SMILES string of the molecule is CCNCCC1CCC(=O)N1CCC1=CC[C@H]2C[C@@H]1C2(C)C. The van der Waals surface area contributed by atoms with Gasteiger partial charge in [-0.3, -0.25) is 4.79 Å². The number of hydrogen-bond acceptors (Lipinski definition) is 2. The van der Waals surface area contributed by atoms with Crippen molar-refractivity contribution in [1.29, 1.82) is 0 Å². The van der Waals surface area contributed by atoms with E-state index in [-0.39, 0.29) is 0 Å². The van der Waals surface area contributed by atoms with E-state index >= 15 is 0 Å². The van der Waals surface area contributed by atoms with Crippen LogP contribution in [-0.2, 0) is 4.79 Å². The molecule has 0 spiro atoms. The minimum atomic E-state index is 0.378. The smallest absolute Gasteiger partial charge is 0.222 e. The van der Waals surface area contributed by atoms with Gasteiger partial charge in [0.25, 0.3) is 0 Å². The Balaban J connectivity index is 1.53. The Labute approximate surface area is 135 Å². The Morgan fingerprint density at radius 1 is 1.41 bits per heavy atom. The molecule has 0 aromatic rings. The lowest BCUT2D eigenvalue weighted by molar-refractivity contribution is -0.129. The van der Waals surface area contributed by atoms with Gasteiger partial charge < -0.3 is 10.2 Å². The fourth-order valence-corrected chi connectivity index (χ4v) is 4.85. The van der Waals surface area contributed by atoms with Crippen molar-refractivity contribution in [3.8, 4) is 0 Å². The number of likely N-dealkylation sites (tertiary alicyclic amines) is 1. The molecule has 4 aliphatic rings. The van der Waals surface area contributed by atoms with Gasteiger partial charge in [-0.05, 0) is 62.4 Å². The predicted octanol–water partition coefficient (Wildman–Crippen LogP) is 3.36. The average Bonchev–Trinajstić information content (AvgIpc) is 2.86. The molecule has 1 heterocycles. The molecule has 124 valence electrons. The summed E-state index contributed by atoms with van der Waals surface area (Å²) in [6.45, 7) is 9.99. The highest BCUT2D eigenvalue weighted by Crippen LogP contribution is 2.59. The molecule has 1 amide bonds. The van der Waals surface area contributed by atoms with Gasteiger partial charge >= 0.3 is 0 Å². The highest BCUT2D eigenvalue weighted by molar-refractivity contribution is 5.78. The number of amides is 1. The first-order chi connectivity index (χ1) is 10.5. The highest BCUT2D eigenvalue weighted by atomic mass is 16.2. The summed E-state index contributed by atoms with van der Waals surface area (Å²) in [7, 11) is 0. The largest absolute Gasteiger partial charge is 0.339 e. The third-order valence-corrected chi connectivity index (χ3v) is 6.58. The van der Waals surface area contributed by atoms with Gasteiger partial charge in [-0.2, -0.15) is 0 Å². The van der Waals surface area contributed by atoms with E-state index in [2.05, 4.69) is 37.1 Å². The third-order valence-electron chi connectivity index (χ3n) is 6.58. The van der Waals surface area contributed by atoms with E-state index in [1.54, 1.807) is 5.57 Å². The Morgan fingerprint density at radius 2 is 2.23 bits per heavy atom. The molecular weight excluding hydrogens is 272 g/mol. The van der Waals surface area contributed by atoms with Gasteiger partial charge in [0.05, 0.1) is 0 Å². The molecule has 4 rings (SSSR count). The Hall–Kier alpha value is -0.830. The van der Waals surface area contributed by atoms with E-state index < -0.39 is 0 Å². The summed E-state index contributed by atoms with van der Waals surface area (Å²) in [5.41, 5.74) is 2.14. The normalized spacial score (nSPS) is 32.9. The zero-order valence-electron chi connectivity index (χ0n) is 14.5. The molecule has 3 nitrogen and oxygen atoms in total. The first-order valence-electron chi connectivity index (χ1n) is 9.23. The molecule has 2 fully saturated rings. The molecule has 1 unspecified atom stereocenters. The van der Waals surface area contributed by atoms with Crippen molar-refractivity contribution in [3.63, 3.8) is 0 Å². The molecule has 1 saturated carbocycles. The third kappa shape index (κ3) is 2.84. The van der Waals surface area contributed by atoms with Gasteiger partial charge in [0.2, 0.25) is 5.91 Å². The number of nitrogens with zero attached hydrogens (tertiary/aromatic N) is 1. The number of carbonyl (C=O) groups excluding carboxylic acids is 1. The van der Waals surface area contributed by atoms with Gasteiger partial charge in [0.1, 0.15) is 0 Å². The number of fused-ring (bicyclic) bond motifs is 1. The molecule has 0 radical (unpaired) electrons. The second-order valence-electron chi connectivity index (χ2n) is 7.99. The van der Waals surface area contributed by atoms with E-state index in [1.165, 1.54) is 12.8 Å². The lowest BCUT2D eigenvalue weighted by atomic mass is 9.48. The van der Waals surface area contributed by atoms with Crippen LogP contribution in [0.25, 0.3) is 0 Å². The second-order valence-corrected chi connectivity index (χ2v) is 7.99. The van der Waals surface area contributed by atoms with Crippen LogP contribution < -0.4 is 5.32 Å². The predicted molar refractivity (Wildman–Crippen MR) is 90.6 cm³/mol. The van der Waals surface area contributed by atoms with Crippen LogP contribution in [0.2, 0.25) is 0 Å². The van der Waals surface area contributed by atoms with Crippen LogP contribution in [0, 0.1) is 17.3 Å². The molecule has 3 atom stereocenters. The topological polar surface area (TPSA) is 32.3 Å². The summed E-state index contributed by atoms with van der Waals surface area (Å²) in [6, 6.07) is 0.470. The molecule has 0 aromatic carbocycles. The summed E-state index contributed by atoms with van der Waals surface area (Å²) < 4.78 is 0. The minimum Gasteiger partial charge on any atom is -0.339 e. The van der Waals surface area contributed by atoms with Crippen LogP contribution in [0.3, 0.4) is 0 Å². The van der Waals surface area contributed by atoms with Gasteiger partial charge in [-0.1, -0.05) is 32.4 Å². The van der Waals surface area contributed by atoms with Crippen molar-refractivity contribution < 1.29 is 4.79 Å². The molecule has 0 aromatic heterocycles.